The number of para-hydroxylation sites is 1. The summed E-state index contributed by atoms with van der Waals surface area (Å²) in [5.74, 6) is 7.02. The standard InChI is InChI=1S/C52H35N3OS/c53-55-52(35-24-20-34(21-25-35)38-26-22-32-10-1-3-12-36(32)28-38)54-51(39-27-23-33-11-2-4-13-37(33)29-39)44-30-40(31-46-49(44)42-14-5-7-17-45(42)56-46)41-16-9-19-48-50(41)43-15-6-8-18-47(43)57-48/h1-20,22-31,34H,21,53H2/b54-51?,55-52-. The van der Waals surface area contributed by atoms with Crippen molar-refractivity contribution in [2.75, 3.05) is 0 Å². The second kappa shape index (κ2) is 13.6. The second-order valence-electron chi connectivity index (χ2n) is 14.7. The van der Waals surface area contributed by atoms with Gasteiger partial charge in [-0.05, 0) is 81.1 Å². The van der Waals surface area contributed by atoms with Gasteiger partial charge in [-0.1, -0.05) is 146 Å². The van der Waals surface area contributed by atoms with Crippen LogP contribution in [0.1, 0.15) is 29.0 Å². The topological polar surface area (TPSA) is 63.9 Å². The summed E-state index contributed by atoms with van der Waals surface area (Å²) in [5, 5.41) is 13.7. The molecule has 0 amide bonds. The molecule has 2 heterocycles. The molecule has 2 N–H and O–H groups in total. The molecule has 0 saturated heterocycles. The fourth-order valence-electron chi connectivity index (χ4n) is 8.57. The zero-order chi connectivity index (χ0) is 37.9. The Morgan fingerprint density at radius 1 is 0.614 bits per heavy atom. The Kier molecular flexibility index (Phi) is 7.93. The Bertz CT molecular complexity index is 3360. The van der Waals surface area contributed by atoms with Crippen LogP contribution in [0.4, 0.5) is 0 Å². The summed E-state index contributed by atoms with van der Waals surface area (Å²) in [7, 11) is 0. The van der Waals surface area contributed by atoms with Gasteiger partial charge in [0.2, 0.25) is 0 Å². The number of fused-ring (bicyclic) bond motifs is 8. The van der Waals surface area contributed by atoms with Crippen molar-refractivity contribution in [1.82, 2.24) is 0 Å². The van der Waals surface area contributed by atoms with Crippen LogP contribution < -0.4 is 5.84 Å². The number of thiophene rings is 1. The maximum atomic E-state index is 6.69. The van der Waals surface area contributed by atoms with Crippen LogP contribution in [-0.4, -0.2) is 11.5 Å². The molecule has 8 aromatic carbocycles. The molecule has 0 spiro atoms. The van der Waals surface area contributed by atoms with Gasteiger partial charge in [0.05, 0.1) is 5.71 Å². The van der Waals surface area contributed by atoms with Crippen LogP contribution in [0.5, 0.6) is 0 Å². The molecule has 2 aromatic heterocycles. The number of aliphatic imine (C=N–C) groups is 1. The van der Waals surface area contributed by atoms with Gasteiger partial charge in [-0.25, -0.2) is 4.99 Å². The molecule has 1 aliphatic carbocycles. The summed E-state index contributed by atoms with van der Waals surface area (Å²) in [6, 6.07) is 58.2. The molecule has 57 heavy (non-hydrogen) atoms. The summed E-state index contributed by atoms with van der Waals surface area (Å²) in [6.07, 6.45) is 7.41. The third-order valence-electron chi connectivity index (χ3n) is 11.4. The van der Waals surface area contributed by atoms with Crippen molar-refractivity contribution in [3.8, 4) is 11.1 Å². The van der Waals surface area contributed by atoms with Gasteiger partial charge in [0.25, 0.3) is 0 Å². The number of nitrogens with zero attached hydrogens (tertiary/aromatic N) is 2. The first kappa shape index (κ1) is 33.3. The molecule has 4 nitrogen and oxygen atoms in total. The highest BCUT2D eigenvalue weighted by Gasteiger charge is 2.23. The van der Waals surface area contributed by atoms with Crippen LogP contribution in [0.15, 0.2) is 202 Å². The van der Waals surface area contributed by atoms with Gasteiger partial charge < -0.3 is 10.3 Å². The molecule has 0 fully saturated rings. The quantitative estimate of drug-likeness (QED) is 0.0824. The van der Waals surface area contributed by atoms with Gasteiger partial charge in [-0.3, -0.25) is 0 Å². The number of benzene rings is 8. The van der Waals surface area contributed by atoms with Crippen LogP contribution in [-0.2, 0) is 0 Å². The van der Waals surface area contributed by atoms with E-state index in [1.165, 1.54) is 36.5 Å². The van der Waals surface area contributed by atoms with Crippen LogP contribution in [0.3, 0.4) is 0 Å². The van der Waals surface area contributed by atoms with E-state index in [0.29, 0.717) is 5.84 Å². The number of hydrogen-bond acceptors (Lipinski definition) is 4. The lowest BCUT2D eigenvalue weighted by atomic mass is 9.88. The number of nitrogens with two attached hydrogens (primary N) is 1. The van der Waals surface area contributed by atoms with Gasteiger partial charge in [0.15, 0.2) is 5.84 Å². The third kappa shape index (κ3) is 5.74. The zero-order valence-electron chi connectivity index (χ0n) is 30.9. The van der Waals surface area contributed by atoms with E-state index in [0.717, 1.165) is 72.7 Å². The Morgan fingerprint density at radius 2 is 1.33 bits per heavy atom. The average molecular weight is 750 g/mol. The average Bonchev–Trinajstić information content (AvgIpc) is 3.85. The number of rotatable bonds is 5. The molecular weight excluding hydrogens is 715 g/mol. The van der Waals surface area contributed by atoms with E-state index in [2.05, 4.69) is 175 Å². The molecule has 270 valence electrons. The third-order valence-corrected chi connectivity index (χ3v) is 12.5. The predicted octanol–water partition coefficient (Wildman–Crippen LogP) is 13.7. The highest BCUT2D eigenvalue weighted by atomic mass is 32.1. The van der Waals surface area contributed by atoms with Gasteiger partial charge in [0, 0.05) is 53.6 Å². The van der Waals surface area contributed by atoms with Crippen molar-refractivity contribution < 1.29 is 4.42 Å². The lowest BCUT2D eigenvalue weighted by molar-refractivity contribution is 0.669. The summed E-state index contributed by atoms with van der Waals surface area (Å²) >= 11 is 1.82. The van der Waals surface area contributed by atoms with Crippen LogP contribution >= 0.6 is 11.3 Å². The van der Waals surface area contributed by atoms with Crippen LogP contribution in [0, 0.1) is 0 Å². The largest absolute Gasteiger partial charge is 0.456 e. The van der Waals surface area contributed by atoms with E-state index in [9.17, 15) is 0 Å². The highest BCUT2D eigenvalue weighted by Crippen LogP contribution is 2.43. The first-order valence-electron chi connectivity index (χ1n) is 19.3. The molecular formula is C52H35N3OS. The van der Waals surface area contributed by atoms with Gasteiger partial charge >= 0.3 is 0 Å². The van der Waals surface area contributed by atoms with Crippen molar-refractivity contribution in [2.45, 2.75) is 12.3 Å². The monoisotopic (exact) mass is 749 g/mol. The van der Waals surface area contributed by atoms with Crippen molar-refractivity contribution in [3.63, 3.8) is 0 Å². The molecule has 0 bridgehead atoms. The minimum atomic E-state index is 0.241. The molecule has 5 heteroatoms. The lowest BCUT2D eigenvalue weighted by Gasteiger charge is -2.18. The summed E-state index contributed by atoms with van der Waals surface area (Å²) < 4.78 is 9.21. The van der Waals surface area contributed by atoms with E-state index in [-0.39, 0.29) is 5.92 Å². The summed E-state index contributed by atoms with van der Waals surface area (Å²) in [4.78, 5) is 5.46. The first-order valence-corrected chi connectivity index (χ1v) is 20.1. The first-order chi connectivity index (χ1) is 28.2. The van der Waals surface area contributed by atoms with E-state index < -0.39 is 0 Å². The van der Waals surface area contributed by atoms with E-state index in [4.69, 9.17) is 15.3 Å². The van der Waals surface area contributed by atoms with Gasteiger partial charge in [0.1, 0.15) is 11.2 Å². The van der Waals surface area contributed by atoms with E-state index >= 15 is 0 Å². The Hall–Kier alpha value is -7.08. The van der Waals surface area contributed by atoms with Gasteiger partial charge in [-0.15, -0.1) is 11.3 Å². The molecule has 0 saturated carbocycles. The maximum absolute atomic E-state index is 6.69. The predicted molar refractivity (Wildman–Crippen MR) is 242 cm³/mol. The SMILES string of the molecule is N/N=C(\N=C(c1ccc2ccccc2c1)c1cc(-c2cccc3sc4ccccc4c23)cc2oc3ccccc3c12)C1=CCC(c2ccc3ccccc3c2)C=C1. The molecule has 10 aromatic rings. The normalized spacial score (nSPS) is 15.1. The van der Waals surface area contributed by atoms with E-state index in [1.807, 2.05) is 23.5 Å². The van der Waals surface area contributed by atoms with Gasteiger partial charge in [-0.2, -0.15) is 5.10 Å². The van der Waals surface area contributed by atoms with Crippen molar-refractivity contribution in [3.05, 3.63) is 204 Å². The lowest BCUT2D eigenvalue weighted by Crippen LogP contribution is -2.12. The number of amidine groups is 1. The Morgan fingerprint density at radius 3 is 2.14 bits per heavy atom. The number of allylic oxidation sites excluding steroid dienone is 2. The highest BCUT2D eigenvalue weighted by molar-refractivity contribution is 7.25. The minimum absolute atomic E-state index is 0.241. The summed E-state index contributed by atoms with van der Waals surface area (Å²) in [5.41, 5.74) is 8.71. The molecule has 1 unspecified atom stereocenters. The fourth-order valence-corrected chi connectivity index (χ4v) is 9.71. The smallest absolute Gasteiger partial charge is 0.178 e. The molecule has 0 radical (unpaired) electrons. The Balaban J connectivity index is 1.11. The zero-order valence-corrected chi connectivity index (χ0v) is 31.7. The van der Waals surface area contributed by atoms with Crippen molar-refractivity contribution in [2.24, 2.45) is 15.9 Å². The second-order valence-corrected chi connectivity index (χ2v) is 15.8. The molecule has 0 aliphatic heterocycles. The fraction of sp³-hybridized carbons (Fsp3) is 0.0385. The number of hydrazone groups is 1. The Labute approximate surface area is 333 Å². The van der Waals surface area contributed by atoms with Crippen LogP contribution in [0.2, 0.25) is 0 Å². The minimum Gasteiger partial charge on any atom is -0.456 e. The van der Waals surface area contributed by atoms with Crippen LogP contribution in [0.25, 0.3) is 74.8 Å². The molecule has 11 rings (SSSR count). The van der Waals surface area contributed by atoms with E-state index in [1.54, 1.807) is 0 Å². The number of hydrogen-bond donors (Lipinski definition) is 1. The maximum Gasteiger partial charge on any atom is 0.178 e. The molecule has 1 aliphatic rings. The molecule has 1 atom stereocenters. The van der Waals surface area contributed by atoms with Crippen molar-refractivity contribution in [1.29, 1.82) is 0 Å². The summed E-state index contributed by atoms with van der Waals surface area (Å²) in [6.45, 7) is 0. The van der Waals surface area contributed by atoms with Crippen molar-refractivity contribution >= 4 is 86.5 Å². The number of furan rings is 1.